The molecule has 0 saturated carbocycles. The van der Waals surface area contributed by atoms with Gasteiger partial charge in [0, 0.05) is 18.8 Å². The zero-order chi connectivity index (χ0) is 12.0. The summed E-state index contributed by atoms with van der Waals surface area (Å²) < 4.78 is 0. The fourth-order valence-electron chi connectivity index (χ4n) is 1.47. The van der Waals surface area contributed by atoms with Gasteiger partial charge in [-0.25, -0.2) is 0 Å². The smallest absolute Gasteiger partial charge is 0.220 e. The molecule has 1 amide bonds. The van der Waals surface area contributed by atoms with E-state index in [-0.39, 0.29) is 18.1 Å². The monoisotopic (exact) mass is 219 g/mol. The van der Waals surface area contributed by atoms with Crippen LogP contribution in [0.25, 0.3) is 0 Å². The highest BCUT2D eigenvalue weighted by Gasteiger charge is 2.13. The van der Waals surface area contributed by atoms with Crippen LogP contribution in [0.15, 0.2) is 30.3 Å². The van der Waals surface area contributed by atoms with Gasteiger partial charge in [-0.1, -0.05) is 37.3 Å². The standard InChI is InChI=1S/C13H17NO2/c1-10(13(14)16)9-12(15)8-7-11-5-3-2-4-6-11/h2-6,10H,7-9H2,1H3,(H2,14,16)/t10-/m1/s1. The summed E-state index contributed by atoms with van der Waals surface area (Å²) in [6, 6.07) is 9.83. The van der Waals surface area contributed by atoms with E-state index in [0.29, 0.717) is 6.42 Å². The Morgan fingerprint density at radius 1 is 1.25 bits per heavy atom. The molecule has 16 heavy (non-hydrogen) atoms. The molecule has 86 valence electrons. The number of aryl methyl sites for hydroxylation is 1. The van der Waals surface area contributed by atoms with E-state index in [0.717, 1.165) is 12.0 Å². The van der Waals surface area contributed by atoms with Gasteiger partial charge in [-0.05, 0) is 12.0 Å². The molecular weight excluding hydrogens is 202 g/mol. The Hall–Kier alpha value is -1.64. The quantitative estimate of drug-likeness (QED) is 0.791. The van der Waals surface area contributed by atoms with E-state index in [2.05, 4.69) is 0 Å². The van der Waals surface area contributed by atoms with E-state index in [4.69, 9.17) is 5.73 Å². The molecule has 0 radical (unpaired) electrons. The highest BCUT2D eigenvalue weighted by atomic mass is 16.1. The van der Waals surface area contributed by atoms with Gasteiger partial charge < -0.3 is 5.73 Å². The van der Waals surface area contributed by atoms with Crippen LogP contribution in [0.5, 0.6) is 0 Å². The van der Waals surface area contributed by atoms with Gasteiger partial charge in [0.05, 0.1) is 0 Å². The third-order valence-electron chi connectivity index (χ3n) is 2.55. The van der Waals surface area contributed by atoms with Gasteiger partial charge >= 0.3 is 0 Å². The Morgan fingerprint density at radius 2 is 1.88 bits per heavy atom. The molecule has 0 aliphatic rings. The number of amides is 1. The first kappa shape index (κ1) is 12.4. The number of benzene rings is 1. The van der Waals surface area contributed by atoms with Crippen molar-refractivity contribution in [3.63, 3.8) is 0 Å². The number of primary amides is 1. The Labute approximate surface area is 95.6 Å². The number of nitrogens with two attached hydrogens (primary N) is 1. The first-order valence-corrected chi connectivity index (χ1v) is 5.44. The van der Waals surface area contributed by atoms with Crippen LogP contribution in [-0.4, -0.2) is 11.7 Å². The maximum Gasteiger partial charge on any atom is 0.220 e. The number of ketones is 1. The predicted octanol–water partition coefficient (Wildman–Crippen LogP) is 1.70. The highest BCUT2D eigenvalue weighted by molar-refractivity contribution is 5.85. The van der Waals surface area contributed by atoms with Crippen molar-refractivity contribution < 1.29 is 9.59 Å². The lowest BCUT2D eigenvalue weighted by molar-refractivity contribution is -0.126. The van der Waals surface area contributed by atoms with Crippen molar-refractivity contribution in [2.45, 2.75) is 26.2 Å². The largest absolute Gasteiger partial charge is 0.369 e. The average Bonchev–Trinajstić information content (AvgIpc) is 2.27. The van der Waals surface area contributed by atoms with Gasteiger partial charge in [-0.15, -0.1) is 0 Å². The molecule has 0 heterocycles. The van der Waals surface area contributed by atoms with Gasteiger partial charge in [0.2, 0.25) is 5.91 Å². The lowest BCUT2D eigenvalue weighted by Crippen LogP contribution is -2.23. The van der Waals surface area contributed by atoms with Gasteiger partial charge in [0.1, 0.15) is 5.78 Å². The first-order chi connectivity index (χ1) is 7.59. The lowest BCUT2D eigenvalue weighted by atomic mass is 9.99. The van der Waals surface area contributed by atoms with Crippen LogP contribution in [0, 0.1) is 5.92 Å². The van der Waals surface area contributed by atoms with Crippen molar-refractivity contribution in [3.8, 4) is 0 Å². The van der Waals surface area contributed by atoms with Crippen molar-refractivity contribution in [3.05, 3.63) is 35.9 Å². The van der Waals surface area contributed by atoms with E-state index >= 15 is 0 Å². The molecule has 0 fully saturated rings. The van der Waals surface area contributed by atoms with E-state index in [1.807, 2.05) is 30.3 Å². The molecule has 1 rings (SSSR count). The number of Topliss-reactive ketones (excluding diaryl/α,β-unsaturated/α-hetero) is 1. The van der Waals surface area contributed by atoms with Gasteiger partial charge in [0.15, 0.2) is 0 Å². The van der Waals surface area contributed by atoms with Crippen LogP contribution >= 0.6 is 0 Å². The maximum absolute atomic E-state index is 11.5. The number of hydrogen-bond acceptors (Lipinski definition) is 2. The molecule has 1 aromatic carbocycles. The van der Waals surface area contributed by atoms with Gasteiger partial charge in [-0.3, -0.25) is 9.59 Å². The van der Waals surface area contributed by atoms with E-state index in [9.17, 15) is 9.59 Å². The average molecular weight is 219 g/mol. The molecule has 0 unspecified atom stereocenters. The van der Waals surface area contributed by atoms with E-state index in [1.165, 1.54) is 0 Å². The molecule has 1 atom stereocenters. The molecule has 3 nitrogen and oxygen atoms in total. The third kappa shape index (κ3) is 4.26. The maximum atomic E-state index is 11.5. The fourth-order valence-corrected chi connectivity index (χ4v) is 1.47. The van der Waals surface area contributed by atoms with E-state index in [1.54, 1.807) is 6.92 Å². The molecule has 3 heteroatoms. The number of carbonyl (C=O) groups is 2. The molecule has 0 spiro atoms. The van der Waals surface area contributed by atoms with Gasteiger partial charge in [-0.2, -0.15) is 0 Å². The molecule has 1 aromatic rings. The van der Waals surface area contributed by atoms with Crippen LogP contribution in [0.3, 0.4) is 0 Å². The minimum Gasteiger partial charge on any atom is -0.369 e. The zero-order valence-corrected chi connectivity index (χ0v) is 9.48. The molecular formula is C13H17NO2. The Kier molecular flexibility index (Phi) is 4.70. The minimum atomic E-state index is -0.409. The highest BCUT2D eigenvalue weighted by Crippen LogP contribution is 2.08. The number of carbonyl (C=O) groups excluding carboxylic acids is 2. The molecule has 0 saturated heterocycles. The summed E-state index contributed by atoms with van der Waals surface area (Å²) in [7, 11) is 0. The Bertz CT molecular complexity index is 359. The SMILES string of the molecule is C[C@H](CC(=O)CCc1ccccc1)C(N)=O. The van der Waals surface area contributed by atoms with Crippen LogP contribution in [0.2, 0.25) is 0 Å². The van der Waals surface area contributed by atoms with Crippen molar-refractivity contribution in [2.75, 3.05) is 0 Å². The molecule has 2 N–H and O–H groups in total. The van der Waals surface area contributed by atoms with Crippen LogP contribution in [0.1, 0.15) is 25.3 Å². The van der Waals surface area contributed by atoms with Gasteiger partial charge in [0.25, 0.3) is 0 Å². The van der Waals surface area contributed by atoms with Crippen molar-refractivity contribution >= 4 is 11.7 Å². The fraction of sp³-hybridized carbons (Fsp3) is 0.385. The van der Waals surface area contributed by atoms with E-state index < -0.39 is 5.91 Å². The Balaban J connectivity index is 2.33. The second kappa shape index (κ2) is 6.05. The van der Waals surface area contributed by atoms with Crippen LogP contribution < -0.4 is 5.73 Å². The van der Waals surface area contributed by atoms with Crippen LogP contribution in [0.4, 0.5) is 0 Å². The molecule has 0 aliphatic heterocycles. The van der Waals surface area contributed by atoms with Crippen molar-refractivity contribution in [2.24, 2.45) is 11.7 Å². The summed E-state index contributed by atoms with van der Waals surface area (Å²) in [5.41, 5.74) is 6.24. The summed E-state index contributed by atoms with van der Waals surface area (Å²) in [6.07, 6.45) is 1.45. The van der Waals surface area contributed by atoms with Crippen molar-refractivity contribution in [1.29, 1.82) is 0 Å². The number of rotatable bonds is 6. The topological polar surface area (TPSA) is 60.2 Å². The first-order valence-electron chi connectivity index (χ1n) is 5.44. The third-order valence-corrected chi connectivity index (χ3v) is 2.55. The van der Waals surface area contributed by atoms with Crippen LogP contribution in [-0.2, 0) is 16.0 Å². The molecule has 0 aliphatic carbocycles. The van der Waals surface area contributed by atoms with Crippen molar-refractivity contribution in [1.82, 2.24) is 0 Å². The summed E-state index contributed by atoms with van der Waals surface area (Å²) in [6.45, 7) is 1.68. The normalized spacial score (nSPS) is 12.1. The minimum absolute atomic E-state index is 0.0927. The number of hydrogen-bond donors (Lipinski definition) is 1. The summed E-state index contributed by atoms with van der Waals surface area (Å²) in [4.78, 5) is 22.3. The second-order valence-electron chi connectivity index (χ2n) is 4.03. The summed E-state index contributed by atoms with van der Waals surface area (Å²) in [5, 5.41) is 0. The lowest BCUT2D eigenvalue weighted by Gasteiger charge is -2.05. The summed E-state index contributed by atoms with van der Waals surface area (Å²) in [5.74, 6) is -0.675. The zero-order valence-electron chi connectivity index (χ0n) is 9.48. The predicted molar refractivity (Wildman–Crippen MR) is 62.7 cm³/mol. The summed E-state index contributed by atoms with van der Waals surface area (Å²) >= 11 is 0. The molecule has 0 aromatic heterocycles. The second-order valence-corrected chi connectivity index (χ2v) is 4.03. The molecule has 0 bridgehead atoms. The Morgan fingerprint density at radius 3 is 2.44 bits per heavy atom.